The van der Waals surface area contributed by atoms with Gasteiger partial charge in [0.2, 0.25) is 5.91 Å². The molecule has 0 radical (unpaired) electrons. The summed E-state index contributed by atoms with van der Waals surface area (Å²) in [5.41, 5.74) is 4.73. The van der Waals surface area contributed by atoms with Gasteiger partial charge in [-0.3, -0.25) is 4.79 Å². The van der Waals surface area contributed by atoms with E-state index >= 15 is 0 Å². The Bertz CT molecular complexity index is 1040. The van der Waals surface area contributed by atoms with E-state index in [1.165, 1.54) is 10.9 Å². The molecule has 0 aliphatic carbocycles. The van der Waals surface area contributed by atoms with Crippen LogP contribution in [0.4, 0.5) is 0 Å². The minimum atomic E-state index is -1.18. The number of para-hydroxylation sites is 1. The average Bonchev–Trinajstić information content (AvgIpc) is 3.22. The second kappa shape index (κ2) is 7.63. The van der Waals surface area contributed by atoms with E-state index < -0.39 is 5.97 Å². The summed E-state index contributed by atoms with van der Waals surface area (Å²) >= 11 is 0. The number of aryl methyl sites for hydroxylation is 2. The summed E-state index contributed by atoms with van der Waals surface area (Å²) < 4.78 is 3.12. The van der Waals surface area contributed by atoms with E-state index in [0.717, 1.165) is 28.2 Å². The molecule has 1 N–H and O–H groups in total. The largest absolute Gasteiger partial charge is 0.476 e. The Morgan fingerprint density at radius 2 is 1.89 bits per heavy atom. The van der Waals surface area contributed by atoms with Crippen molar-refractivity contribution in [1.29, 1.82) is 0 Å². The summed E-state index contributed by atoms with van der Waals surface area (Å²) in [5, 5.41) is 20.7. The lowest BCUT2D eigenvalue weighted by molar-refractivity contribution is -0.131. The van der Waals surface area contributed by atoms with E-state index in [1.54, 1.807) is 11.9 Å². The fourth-order valence-electron chi connectivity index (χ4n) is 3.00. The molecule has 0 spiro atoms. The highest BCUT2D eigenvalue weighted by molar-refractivity contribution is 5.84. The van der Waals surface area contributed by atoms with E-state index in [0.29, 0.717) is 6.54 Å². The van der Waals surface area contributed by atoms with Crippen LogP contribution in [0.15, 0.2) is 30.5 Å². The minimum Gasteiger partial charge on any atom is -0.476 e. The fourth-order valence-corrected chi connectivity index (χ4v) is 3.00. The summed E-state index contributed by atoms with van der Waals surface area (Å²) in [4.78, 5) is 25.0. The molecule has 0 bridgehead atoms. The average molecular weight is 382 g/mol. The zero-order chi connectivity index (χ0) is 20.4. The van der Waals surface area contributed by atoms with Crippen LogP contribution in [0.2, 0.25) is 0 Å². The number of likely N-dealkylation sites (N-methyl/N-ethyl adjacent to an activating group) is 1. The number of amides is 1. The summed E-state index contributed by atoms with van der Waals surface area (Å²) in [6.07, 6.45) is 1.24. The van der Waals surface area contributed by atoms with Crippen molar-refractivity contribution >= 4 is 11.9 Å². The molecule has 0 atom stereocenters. The lowest BCUT2D eigenvalue weighted by Gasteiger charge is -2.17. The van der Waals surface area contributed by atoms with E-state index in [1.807, 2.05) is 49.7 Å². The molecular formula is C19H22N6O3. The standard InChI is InChI=1S/C19H22N6O3/c1-12-7-5-6-8-17(12)25-14(3)15(13(2)21-25)9-23(4)18(26)11-24-10-16(19(27)28)20-22-24/h5-8,10H,9,11H2,1-4H3,(H,27,28). The van der Waals surface area contributed by atoms with Crippen LogP contribution in [0.3, 0.4) is 0 Å². The van der Waals surface area contributed by atoms with Crippen LogP contribution in [0.5, 0.6) is 0 Å². The number of hydrogen-bond donors (Lipinski definition) is 1. The maximum atomic E-state index is 12.5. The first-order valence-electron chi connectivity index (χ1n) is 8.76. The number of aromatic carboxylic acids is 1. The van der Waals surface area contributed by atoms with Crippen LogP contribution in [-0.2, 0) is 17.9 Å². The van der Waals surface area contributed by atoms with Crippen LogP contribution in [0.1, 0.15) is 33.0 Å². The van der Waals surface area contributed by atoms with Crippen LogP contribution in [0, 0.1) is 20.8 Å². The van der Waals surface area contributed by atoms with Gasteiger partial charge >= 0.3 is 5.97 Å². The number of carboxylic acids is 1. The number of carbonyl (C=O) groups excluding carboxylic acids is 1. The van der Waals surface area contributed by atoms with Crippen molar-refractivity contribution in [3.8, 4) is 5.69 Å². The first-order valence-corrected chi connectivity index (χ1v) is 8.76. The predicted molar refractivity (Wildman–Crippen MR) is 101 cm³/mol. The first kappa shape index (κ1) is 19.3. The van der Waals surface area contributed by atoms with Crippen LogP contribution >= 0.6 is 0 Å². The molecule has 9 heteroatoms. The molecule has 28 heavy (non-hydrogen) atoms. The van der Waals surface area contributed by atoms with Gasteiger partial charge in [0.05, 0.1) is 17.6 Å². The molecule has 3 rings (SSSR count). The van der Waals surface area contributed by atoms with Crippen molar-refractivity contribution in [3.63, 3.8) is 0 Å². The lowest BCUT2D eigenvalue weighted by atomic mass is 10.1. The van der Waals surface area contributed by atoms with Gasteiger partial charge in [-0.2, -0.15) is 5.10 Å². The monoisotopic (exact) mass is 382 g/mol. The highest BCUT2D eigenvalue weighted by atomic mass is 16.4. The van der Waals surface area contributed by atoms with Gasteiger partial charge in [-0.15, -0.1) is 5.10 Å². The van der Waals surface area contributed by atoms with Crippen molar-refractivity contribution < 1.29 is 14.7 Å². The quantitative estimate of drug-likeness (QED) is 0.696. The molecule has 0 fully saturated rings. The van der Waals surface area contributed by atoms with E-state index in [4.69, 9.17) is 5.11 Å². The molecule has 0 saturated carbocycles. The van der Waals surface area contributed by atoms with Crippen molar-refractivity contribution in [2.45, 2.75) is 33.9 Å². The van der Waals surface area contributed by atoms with Gasteiger partial charge in [0.25, 0.3) is 0 Å². The number of hydrogen-bond acceptors (Lipinski definition) is 5. The third-order valence-electron chi connectivity index (χ3n) is 4.66. The Kier molecular flexibility index (Phi) is 5.25. The highest BCUT2D eigenvalue weighted by Crippen LogP contribution is 2.21. The SMILES string of the molecule is Cc1ccccc1-n1nc(C)c(CN(C)C(=O)Cn2cc(C(=O)O)nn2)c1C. The van der Waals surface area contributed by atoms with Crippen LogP contribution in [0.25, 0.3) is 5.69 Å². The molecule has 0 saturated heterocycles. The Morgan fingerprint density at radius 1 is 1.18 bits per heavy atom. The Hall–Kier alpha value is -3.49. The topological polar surface area (TPSA) is 106 Å². The maximum absolute atomic E-state index is 12.5. The second-order valence-electron chi connectivity index (χ2n) is 6.70. The van der Waals surface area contributed by atoms with Crippen molar-refractivity contribution in [2.75, 3.05) is 7.05 Å². The number of aromatic nitrogens is 5. The molecule has 3 aromatic rings. The lowest BCUT2D eigenvalue weighted by Crippen LogP contribution is -2.30. The van der Waals surface area contributed by atoms with Gasteiger partial charge in [-0.1, -0.05) is 23.4 Å². The number of rotatable bonds is 6. The second-order valence-corrected chi connectivity index (χ2v) is 6.70. The molecule has 0 aliphatic heterocycles. The van der Waals surface area contributed by atoms with Gasteiger partial charge in [-0.05, 0) is 32.4 Å². The van der Waals surface area contributed by atoms with Gasteiger partial charge in [0, 0.05) is 24.8 Å². The summed E-state index contributed by atoms with van der Waals surface area (Å²) in [6.45, 7) is 6.25. The van der Waals surface area contributed by atoms with Gasteiger partial charge < -0.3 is 10.0 Å². The molecule has 146 valence electrons. The highest BCUT2D eigenvalue weighted by Gasteiger charge is 2.19. The molecule has 2 aromatic heterocycles. The number of carboxylic acid groups (broad SMARTS) is 1. The van der Waals surface area contributed by atoms with Gasteiger partial charge in [-0.25, -0.2) is 14.2 Å². The summed E-state index contributed by atoms with van der Waals surface area (Å²) in [6, 6.07) is 8.00. The van der Waals surface area contributed by atoms with Crippen LogP contribution in [-0.4, -0.2) is 53.7 Å². The first-order chi connectivity index (χ1) is 13.3. The zero-order valence-corrected chi connectivity index (χ0v) is 16.2. The third kappa shape index (κ3) is 3.78. The summed E-state index contributed by atoms with van der Waals surface area (Å²) in [7, 11) is 1.70. The molecule has 2 heterocycles. The molecule has 1 aromatic carbocycles. The molecule has 0 aliphatic rings. The van der Waals surface area contributed by atoms with Crippen molar-refractivity contribution in [3.05, 3.63) is 58.7 Å². The molecule has 1 amide bonds. The Morgan fingerprint density at radius 3 is 2.54 bits per heavy atom. The number of benzene rings is 1. The van der Waals surface area contributed by atoms with Gasteiger partial charge in [0.15, 0.2) is 5.69 Å². The molecule has 0 unspecified atom stereocenters. The fraction of sp³-hybridized carbons (Fsp3) is 0.316. The van der Waals surface area contributed by atoms with E-state index in [2.05, 4.69) is 15.4 Å². The minimum absolute atomic E-state index is 0.0825. The third-order valence-corrected chi connectivity index (χ3v) is 4.66. The molecular weight excluding hydrogens is 360 g/mol. The smallest absolute Gasteiger partial charge is 0.358 e. The Balaban J connectivity index is 1.76. The number of nitrogens with zero attached hydrogens (tertiary/aromatic N) is 6. The maximum Gasteiger partial charge on any atom is 0.358 e. The Labute approximate surface area is 162 Å². The van der Waals surface area contributed by atoms with Crippen molar-refractivity contribution in [1.82, 2.24) is 29.7 Å². The molecule has 9 nitrogen and oxygen atoms in total. The summed E-state index contributed by atoms with van der Waals surface area (Å²) in [5.74, 6) is -1.38. The zero-order valence-electron chi connectivity index (χ0n) is 16.2. The number of carbonyl (C=O) groups is 2. The normalized spacial score (nSPS) is 10.9. The van der Waals surface area contributed by atoms with Crippen LogP contribution < -0.4 is 0 Å². The van der Waals surface area contributed by atoms with E-state index in [-0.39, 0.29) is 18.1 Å². The van der Waals surface area contributed by atoms with E-state index in [9.17, 15) is 9.59 Å². The van der Waals surface area contributed by atoms with Gasteiger partial charge in [0.1, 0.15) is 6.54 Å². The van der Waals surface area contributed by atoms with Crippen molar-refractivity contribution in [2.24, 2.45) is 0 Å². The predicted octanol–water partition coefficient (Wildman–Crippen LogP) is 1.75.